The molecule has 0 bridgehead atoms. The van der Waals surface area contributed by atoms with Crippen LogP contribution in [0.2, 0.25) is 0 Å². The molecule has 2 unspecified atom stereocenters. The van der Waals surface area contributed by atoms with Gasteiger partial charge in [-0.3, -0.25) is 9.59 Å². The average molecular weight is 1200 g/mol. The molecule has 6 aromatic heterocycles. The first-order valence-corrected chi connectivity index (χ1v) is 35.5. The number of hydrogen-bond donors (Lipinski definition) is 0. The van der Waals surface area contributed by atoms with Gasteiger partial charge in [0.2, 0.25) is 0 Å². The Kier molecular flexibility index (Phi) is 17.8. The van der Waals surface area contributed by atoms with Gasteiger partial charge in [-0.05, 0) is 85.3 Å². The van der Waals surface area contributed by atoms with Crippen molar-refractivity contribution in [3.05, 3.63) is 175 Å². The largest absolute Gasteiger partial charge is 0.494 e. The third-order valence-electron chi connectivity index (χ3n) is 17.5. The molecule has 0 saturated heterocycles. The molecule has 10 aromatic rings. The second kappa shape index (κ2) is 25.6. The quantitative estimate of drug-likeness (QED) is 0.0333. The van der Waals surface area contributed by atoms with E-state index in [-0.39, 0.29) is 0 Å². The summed E-state index contributed by atoms with van der Waals surface area (Å²) in [5, 5.41) is 0. The van der Waals surface area contributed by atoms with Crippen LogP contribution in [0.3, 0.4) is 0 Å². The van der Waals surface area contributed by atoms with Crippen LogP contribution in [0.15, 0.2) is 109 Å². The van der Waals surface area contributed by atoms with Gasteiger partial charge in [-0.15, -0.1) is 68.0 Å². The van der Waals surface area contributed by atoms with Crippen LogP contribution in [0.5, 0.6) is 11.5 Å². The molecule has 0 fully saturated rings. The fourth-order valence-electron chi connectivity index (χ4n) is 13.4. The summed E-state index contributed by atoms with van der Waals surface area (Å²) >= 11 is 10.9. The van der Waals surface area contributed by atoms with Crippen molar-refractivity contribution in [1.82, 2.24) is 0 Å². The van der Waals surface area contributed by atoms with E-state index in [1.807, 2.05) is 45.3 Å². The molecular formula is C72H76O4S6. The maximum atomic E-state index is 12.6. The zero-order valence-electron chi connectivity index (χ0n) is 48.2. The number of fused-ring (bicyclic) bond motifs is 13. The van der Waals surface area contributed by atoms with Gasteiger partial charge in [0.25, 0.3) is 0 Å². The first-order chi connectivity index (χ1) is 40.3. The van der Waals surface area contributed by atoms with E-state index in [1.54, 1.807) is 22.7 Å². The minimum absolute atomic E-state index is 0.690. The Morgan fingerprint density at radius 3 is 0.976 bits per heavy atom. The Balaban J connectivity index is 0.962. The van der Waals surface area contributed by atoms with Gasteiger partial charge < -0.3 is 9.47 Å². The van der Waals surface area contributed by atoms with Crippen molar-refractivity contribution in [2.45, 2.75) is 167 Å². The Hall–Kier alpha value is -5.20. The first kappa shape index (κ1) is 57.2. The molecule has 0 N–H and O–H groups in total. The lowest BCUT2D eigenvalue weighted by molar-refractivity contribution is 0.111. The number of thiophene rings is 6. The number of unbranched alkanes of at least 4 members (excludes halogenated alkanes) is 18. The van der Waals surface area contributed by atoms with Gasteiger partial charge >= 0.3 is 0 Å². The minimum atomic E-state index is -0.690. The number of carbonyl (C=O) groups excluding carboxylic acids is 2. The molecule has 0 aliphatic heterocycles. The topological polar surface area (TPSA) is 52.6 Å². The highest BCUT2D eigenvalue weighted by atomic mass is 32.1. The number of ether oxygens (including phenoxy) is 2. The lowest BCUT2D eigenvalue weighted by atomic mass is 9.67. The van der Waals surface area contributed by atoms with Crippen LogP contribution in [0.1, 0.15) is 217 Å². The first-order valence-electron chi connectivity index (χ1n) is 30.6. The number of benzene rings is 4. The van der Waals surface area contributed by atoms with Crippen LogP contribution < -0.4 is 9.47 Å². The van der Waals surface area contributed by atoms with Crippen molar-refractivity contribution in [2.75, 3.05) is 13.2 Å². The maximum absolute atomic E-state index is 12.6. The van der Waals surface area contributed by atoms with Crippen LogP contribution in [0.25, 0.3) is 47.7 Å². The van der Waals surface area contributed by atoms with Crippen molar-refractivity contribution in [2.24, 2.45) is 0 Å². The fraction of sp³-hybridized carbons (Fsp3) is 0.389. The van der Waals surface area contributed by atoms with Gasteiger partial charge in [0.05, 0.1) is 72.1 Å². The molecule has 4 nitrogen and oxygen atoms in total. The number of hydrogen-bond acceptors (Lipinski definition) is 10. The van der Waals surface area contributed by atoms with E-state index in [0.717, 1.165) is 56.1 Å². The molecule has 424 valence electrons. The summed E-state index contributed by atoms with van der Waals surface area (Å²) in [7, 11) is 0. The monoisotopic (exact) mass is 1200 g/mol. The zero-order valence-corrected chi connectivity index (χ0v) is 53.1. The molecule has 0 spiro atoms. The highest BCUT2D eigenvalue weighted by Gasteiger charge is 2.56. The maximum Gasteiger partial charge on any atom is 0.160 e. The molecule has 0 radical (unpaired) electrons. The summed E-state index contributed by atoms with van der Waals surface area (Å²) < 4.78 is 20.4. The number of rotatable bonds is 30. The highest BCUT2D eigenvalue weighted by Crippen LogP contribution is 2.72. The lowest BCUT2D eigenvalue weighted by Crippen LogP contribution is -2.29. The highest BCUT2D eigenvalue weighted by molar-refractivity contribution is 7.37. The Morgan fingerprint density at radius 2 is 0.646 bits per heavy atom. The molecule has 2 aliphatic rings. The van der Waals surface area contributed by atoms with Crippen molar-refractivity contribution in [3.63, 3.8) is 0 Å². The summed E-state index contributed by atoms with van der Waals surface area (Å²) in [5.41, 5.74) is 11.2. The van der Waals surface area contributed by atoms with Crippen LogP contribution in [-0.2, 0) is 10.8 Å². The van der Waals surface area contributed by atoms with Gasteiger partial charge in [0.1, 0.15) is 11.5 Å². The van der Waals surface area contributed by atoms with Crippen molar-refractivity contribution in [1.29, 1.82) is 0 Å². The summed E-state index contributed by atoms with van der Waals surface area (Å²) in [6.07, 6.45) is 27.9. The van der Waals surface area contributed by atoms with E-state index in [9.17, 15) is 9.59 Å². The average Bonchev–Trinajstić information content (AvgIpc) is 2.03. The Labute approximate surface area is 509 Å². The Bertz CT molecular complexity index is 3550. The van der Waals surface area contributed by atoms with E-state index in [4.69, 9.17) is 9.47 Å². The SMILES string of the molecule is CCCCCCCCCCCCOc1ccc(C2(c3ccc(C)cc3)c3c(sc4cc(C=O)sc34)-c3sc4c5c(sc4c32)-c2sc3cc(C=O)sc3c2C5(c2ccc(C)cc2)c2ccc(OCCCCCCCCCCCC)cc2)cc1. The number of carbonyl (C=O) groups is 2. The third-order valence-corrected chi connectivity index (χ3v) is 25.1. The molecule has 0 amide bonds. The predicted molar refractivity (Wildman–Crippen MR) is 356 cm³/mol. The van der Waals surface area contributed by atoms with Crippen LogP contribution in [0, 0.1) is 13.8 Å². The molecule has 6 heterocycles. The van der Waals surface area contributed by atoms with E-state index in [2.05, 4.69) is 137 Å². The molecule has 0 saturated carbocycles. The number of aryl methyl sites for hydroxylation is 2. The van der Waals surface area contributed by atoms with Crippen LogP contribution >= 0.6 is 68.0 Å². The smallest absolute Gasteiger partial charge is 0.160 e. The van der Waals surface area contributed by atoms with Gasteiger partial charge in [0.15, 0.2) is 12.6 Å². The van der Waals surface area contributed by atoms with Crippen molar-refractivity contribution in [3.8, 4) is 31.0 Å². The normalized spacial score (nSPS) is 16.1. The lowest BCUT2D eigenvalue weighted by Gasteiger charge is -2.34. The molecule has 10 heteroatoms. The molecule has 12 rings (SSSR count). The van der Waals surface area contributed by atoms with Gasteiger partial charge in [-0.1, -0.05) is 213 Å². The van der Waals surface area contributed by atoms with Crippen molar-refractivity contribution >= 4 is 109 Å². The van der Waals surface area contributed by atoms with Crippen molar-refractivity contribution < 1.29 is 19.1 Å². The molecule has 2 aliphatic carbocycles. The summed E-state index contributed by atoms with van der Waals surface area (Å²) in [4.78, 5) is 32.0. The second-order valence-corrected chi connectivity index (χ2v) is 29.5. The standard InChI is InChI=1S/C72H76O4S6/c1-5-7-9-11-13-15-17-19-21-23-41-75-53-37-33-51(34-38-53)71(49-29-25-47(3)26-30-49)59-63-57(43-55(45-73)77-63)79-65(59)67-61(71)69-70(81-67)62-68(82-69)66-60(64-58(80-66)44-56(46-74)78-64)72(62,50-31-27-48(4)28-32-50)52-35-39-54(40-36-52)76-42-24-22-20-18-16-14-12-10-8-6-2/h25-40,43-46H,5-24,41-42H2,1-4H3. The van der Waals surface area contributed by atoms with E-state index in [0.29, 0.717) is 13.2 Å². The van der Waals surface area contributed by atoms with Gasteiger partial charge in [-0.25, -0.2) is 0 Å². The number of aldehydes is 2. The summed E-state index contributed by atoms with van der Waals surface area (Å²) in [6, 6.07) is 40.9. The minimum Gasteiger partial charge on any atom is -0.494 e. The summed E-state index contributed by atoms with van der Waals surface area (Å²) in [6.45, 7) is 10.4. The van der Waals surface area contributed by atoms with E-state index < -0.39 is 10.8 Å². The fourth-order valence-corrected chi connectivity index (χ4v) is 21.9. The molecular weight excluding hydrogens is 1120 g/mol. The van der Waals surface area contributed by atoms with Gasteiger partial charge in [-0.2, -0.15) is 0 Å². The summed E-state index contributed by atoms with van der Waals surface area (Å²) in [5.74, 6) is 1.80. The third kappa shape index (κ3) is 10.5. The Morgan fingerprint density at radius 1 is 0.354 bits per heavy atom. The molecule has 2 atom stereocenters. The van der Waals surface area contributed by atoms with E-state index >= 15 is 0 Å². The van der Waals surface area contributed by atoms with Crippen LogP contribution in [-0.4, -0.2) is 25.8 Å². The second-order valence-electron chi connectivity index (χ2n) is 23.1. The predicted octanol–water partition coefficient (Wildman–Crippen LogP) is 23.1. The van der Waals surface area contributed by atoms with E-state index in [1.165, 1.54) is 210 Å². The molecule has 82 heavy (non-hydrogen) atoms. The zero-order chi connectivity index (χ0) is 56.2. The van der Waals surface area contributed by atoms with Gasteiger partial charge in [0, 0.05) is 31.7 Å². The molecule has 4 aromatic carbocycles. The van der Waals surface area contributed by atoms with Crippen LogP contribution in [0.4, 0.5) is 0 Å².